The molecular weight excluding hydrogens is 420 g/mol. The summed E-state index contributed by atoms with van der Waals surface area (Å²) < 4.78 is 0. The molecule has 0 fully saturated rings. The van der Waals surface area contributed by atoms with E-state index in [0.29, 0.717) is 5.92 Å². The Bertz CT molecular complexity index is 1800. The van der Waals surface area contributed by atoms with Gasteiger partial charge in [0.25, 0.3) is 0 Å². The Balaban J connectivity index is 1.36. The minimum absolute atomic E-state index is 0.314. The van der Waals surface area contributed by atoms with Crippen molar-refractivity contribution in [2.24, 2.45) is 0 Å². The molecule has 5 aromatic carbocycles. The molecule has 162 valence electrons. The van der Waals surface area contributed by atoms with Crippen LogP contribution in [0.15, 0.2) is 97.1 Å². The summed E-state index contributed by atoms with van der Waals surface area (Å²) in [6.07, 6.45) is 4.53. The third-order valence-electron chi connectivity index (χ3n) is 8.74. The molecule has 0 aromatic heterocycles. The van der Waals surface area contributed by atoms with Crippen molar-refractivity contribution in [3.8, 4) is 33.4 Å². The molecule has 0 N–H and O–H groups in total. The van der Waals surface area contributed by atoms with Crippen LogP contribution in [0.2, 0.25) is 0 Å². The Labute approximate surface area is 205 Å². The second kappa shape index (κ2) is 6.29. The molecule has 4 aliphatic rings. The zero-order valence-corrected chi connectivity index (χ0v) is 19.3. The second-order valence-corrected chi connectivity index (χ2v) is 10.5. The highest BCUT2D eigenvalue weighted by molar-refractivity contribution is 6.04. The molecule has 0 amide bonds. The molecule has 0 heteroatoms. The van der Waals surface area contributed by atoms with Crippen LogP contribution in [0.5, 0.6) is 0 Å². The van der Waals surface area contributed by atoms with E-state index in [1.807, 2.05) is 0 Å². The van der Waals surface area contributed by atoms with Gasteiger partial charge in [0.2, 0.25) is 0 Å². The van der Waals surface area contributed by atoms with Crippen molar-refractivity contribution in [2.75, 3.05) is 0 Å². The number of rotatable bonds is 0. The van der Waals surface area contributed by atoms with Crippen LogP contribution in [-0.4, -0.2) is 0 Å². The predicted molar refractivity (Wildman–Crippen MR) is 145 cm³/mol. The third-order valence-corrected chi connectivity index (χ3v) is 8.74. The maximum atomic E-state index is 2.53. The summed E-state index contributed by atoms with van der Waals surface area (Å²) in [5.74, 6) is 0.314. The average Bonchev–Trinajstić information content (AvgIpc) is 3.57. The van der Waals surface area contributed by atoms with Crippen molar-refractivity contribution >= 4 is 11.6 Å². The highest BCUT2D eigenvalue weighted by Crippen LogP contribution is 2.57. The zero-order chi connectivity index (χ0) is 22.7. The first-order chi connectivity index (χ1) is 17.3. The van der Waals surface area contributed by atoms with Crippen LogP contribution in [0.25, 0.3) is 45.0 Å². The first-order valence-electron chi connectivity index (χ1n) is 12.6. The Morgan fingerprint density at radius 1 is 0.429 bits per heavy atom. The summed E-state index contributed by atoms with van der Waals surface area (Å²) in [6, 6.07) is 37.0. The minimum Gasteiger partial charge on any atom is -0.0619 e. The van der Waals surface area contributed by atoms with Gasteiger partial charge in [-0.05, 0) is 127 Å². The van der Waals surface area contributed by atoms with Crippen molar-refractivity contribution in [1.29, 1.82) is 0 Å². The highest BCUT2D eigenvalue weighted by atomic mass is 14.4. The van der Waals surface area contributed by atoms with Crippen LogP contribution in [-0.2, 0) is 12.8 Å². The molecule has 0 heterocycles. The first kappa shape index (κ1) is 18.2. The van der Waals surface area contributed by atoms with Crippen LogP contribution >= 0.6 is 0 Å². The summed E-state index contributed by atoms with van der Waals surface area (Å²) in [6.45, 7) is 0. The lowest BCUT2D eigenvalue weighted by Gasteiger charge is -2.30. The van der Waals surface area contributed by atoms with Crippen LogP contribution < -0.4 is 0 Å². The van der Waals surface area contributed by atoms with Crippen molar-refractivity contribution in [2.45, 2.75) is 18.8 Å². The van der Waals surface area contributed by atoms with Gasteiger partial charge in [-0.1, -0.05) is 72.8 Å². The van der Waals surface area contributed by atoms with Crippen molar-refractivity contribution in [1.82, 2.24) is 0 Å². The van der Waals surface area contributed by atoms with Crippen LogP contribution in [0.4, 0.5) is 0 Å². The Kier molecular flexibility index (Phi) is 3.27. The van der Waals surface area contributed by atoms with Crippen LogP contribution in [0, 0.1) is 0 Å². The monoisotopic (exact) mass is 442 g/mol. The van der Waals surface area contributed by atoms with Gasteiger partial charge < -0.3 is 0 Å². The molecule has 0 spiro atoms. The molecule has 9 rings (SSSR count). The molecule has 0 radical (unpaired) electrons. The molecule has 0 saturated heterocycles. The molecule has 1 unspecified atom stereocenters. The maximum Gasteiger partial charge on any atom is 0.0358 e. The predicted octanol–water partition coefficient (Wildman–Crippen LogP) is 8.50. The first-order valence-corrected chi connectivity index (χ1v) is 12.6. The van der Waals surface area contributed by atoms with Gasteiger partial charge in [0.15, 0.2) is 0 Å². The highest BCUT2D eigenvalue weighted by Gasteiger charge is 2.37. The van der Waals surface area contributed by atoms with Gasteiger partial charge >= 0.3 is 0 Å². The number of benzene rings is 5. The van der Waals surface area contributed by atoms with E-state index in [-0.39, 0.29) is 0 Å². The second-order valence-electron chi connectivity index (χ2n) is 10.5. The maximum absolute atomic E-state index is 2.53. The average molecular weight is 443 g/mol. The van der Waals surface area contributed by atoms with Gasteiger partial charge in [-0.3, -0.25) is 0 Å². The summed E-state index contributed by atoms with van der Waals surface area (Å²) in [4.78, 5) is 0. The van der Waals surface area contributed by atoms with Gasteiger partial charge in [-0.25, -0.2) is 0 Å². The molecule has 5 aromatic rings. The summed E-state index contributed by atoms with van der Waals surface area (Å²) in [5, 5.41) is 0. The fourth-order valence-electron chi connectivity index (χ4n) is 7.21. The van der Waals surface area contributed by atoms with E-state index in [0.717, 1.165) is 12.8 Å². The normalized spacial score (nSPS) is 16.8. The summed E-state index contributed by atoms with van der Waals surface area (Å²) in [5.41, 5.74) is 21.5. The van der Waals surface area contributed by atoms with E-state index in [4.69, 9.17) is 0 Å². The molecule has 0 aliphatic heterocycles. The SMILES string of the molecule is C1=C2c3cc4c(cc3-c3cc5c(cc3C2c2ccccc21)-c1ccccc1C5)-c1ccccc1C4. The Hall–Kier alpha value is -4.16. The van der Waals surface area contributed by atoms with Gasteiger partial charge in [-0.2, -0.15) is 0 Å². The molecule has 0 nitrogen and oxygen atoms in total. The lowest BCUT2D eigenvalue weighted by Crippen LogP contribution is -2.11. The van der Waals surface area contributed by atoms with Crippen LogP contribution in [0.1, 0.15) is 50.4 Å². The summed E-state index contributed by atoms with van der Waals surface area (Å²) >= 11 is 0. The van der Waals surface area contributed by atoms with Crippen LogP contribution in [0.3, 0.4) is 0 Å². The lowest BCUT2D eigenvalue weighted by molar-refractivity contribution is 1.05. The smallest absolute Gasteiger partial charge is 0.0358 e. The van der Waals surface area contributed by atoms with E-state index in [9.17, 15) is 0 Å². The van der Waals surface area contributed by atoms with E-state index < -0.39 is 0 Å². The minimum atomic E-state index is 0.314. The molecule has 4 aliphatic carbocycles. The van der Waals surface area contributed by atoms with E-state index in [1.54, 1.807) is 0 Å². The molecular formula is C35H22. The molecule has 35 heavy (non-hydrogen) atoms. The van der Waals surface area contributed by atoms with E-state index >= 15 is 0 Å². The largest absolute Gasteiger partial charge is 0.0619 e. The van der Waals surface area contributed by atoms with Crippen molar-refractivity contribution < 1.29 is 0 Å². The lowest BCUT2D eigenvalue weighted by atomic mass is 9.73. The molecule has 0 saturated carbocycles. The number of allylic oxidation sites excluding steroid dienone is 1. The third kappa shape index (κ3) is 2.27. The Morgan fingerprint density at radius 3 is 1.83 bits per heavy atom. The fraction of sp³-hybridized carbons (Fsp3) is 0.0857. The van der Waals surface area contributed by atoms with E-state index in [2.05, 4.69) is 103 Å². The van der Waals surface area contributed by atoms with E-state index in [1.165, 1.54) is 83.5 Å². The zero-order valence-electron chi connectivity index (χ0n) is 19.3. The standard InChI is InChI=1S/C35H22/c1-4-10-25-20(7-1)13-23-16-30-32(18-28(23)25)31-17-24-14-21-8-2-5-11-26(21)29(24)19-34(31)35-27-12-6-3-9-22(27)15-33(30)35/h1-12,15-19,35H,13-14H2. The number of fused-ring (bicyclic) bond motifs is 14. The molecule has 0 bridgehead atoms. The topological polar surface area (TPSA) is 0 Å². The number of hydrogen-bond acceptors (Lipinski definition) is 0. The number of hydrogen-bond donors (Lipinski definition) is 0. The summed E-state index contributed by atoms with van der Waals surface area (Å²) in [7, 11) is 0. The van der Waals surface area contributed by atoms with Gasteiger partial charge in [0.1, 0.15) is 0 Å². The molecule has 1 atom stereocenters. The quantitative estimate of drug-likeness (QED) is 0.221. The van der Waals surface area contributed by atoms with Gasteiger partial charge in [0, 0.05) is 5.92 Å². The van der Waals surface area contributed by atoms with Crippen molar-refractivity contribution in [3.05, 3.63) is 142 Å². The fourth-order valence-corrected chi connectivity index (χ4v) is 7.21. The Morgan fingerprint density at radius 2 is 1.06 bits per heavy atom. The van der Waals surface area contributed by atoms with Crippen molar-refractivity contribution in [3.63, 3.8) is 0 Å². The van der Waals surface area contributed by atoms with Gasteiger partial charge in [0.05, 0.1) is 0 Å². The van der Waals surface area contributed by atoms with Gasteiger partial charge in [-0.15, -0.1) is 0 Å².